The van der Waals surface area contributed by atoms with Crippen LogP contribution < -0.4 is 4.90 Å². The third-order valence-corrected chi connectivity index (χ3v) is 4.39. The Kier molecular flexibility index (Phi) is 3.78. The summed E-state index contributed by atoms with van der Waals surface area (Å²) in [6.07, 6.45) is 5.94. The van der Waals surface area contributed by atoms with Crippen LogP contribution in [0.5, 0.6) is 0 Å². The number of anilines is 1. The molecule has 2 aromatic rings. The van der Waals surface area contributed by atoms with E-state index in [-0.39, 0.29) is 0 Å². The van der Waals surface area contributed by atoms with Crippen molar-refractivity contribution in [2.24, 2.45) is 0 Å². The molecule has 0 saturated heterocycles. The topological polar surface area (TPSA) is 53.4 Å². The van der Waals surface area contributed by atoms with Gasteiger partial charge in [0.1, 0.15) is 11.4 Å². The summed E-state index contributed by atoms with van der Waals surface area (Å²) in [6.45, 7) is 0. The maximum Gasteiger partial charge on any atom is 0.339 e. The van der Waals surface area contributed by atoms with E-state index in [1.54, 1.807) is 6.07 Å². The Morgan fingerprint density at radius 3 is 2.67 bits per heavy atom. The minimum Gasteiger partial charge on any atom is -0.478 e. The second-order valence-electron chi connectivity index (χ2n) is 5.76. The van der Waals surface area contributed by atoms with E-state index < -0.39 is 5.97 Å². The van der Waals surface area contributed by atoms with Gasteiger partial charge in [-0.15, -0.1) is 0 Å². The summed E-state index contributed by atoms with van der Waals surface area (Å²) < 4.78 is 0. The number of hydrogen-bond acceptors (Lipinski definition) is 3. The maximum atomic E-state index is 11.6. The third-order valence-electron chi connectivity index (χ3n) is 4.39. The third kappa shape index (κ3) is 2.71. The number of carboxylic acid groups (broad SMARTS) is 1. The number of carbonyl (C=O) groups is 1. The Hall–Kier alpha value is -2.10. The average Bonchev–Trinajstić information content (AvgIpc) is 2.53. The first-order valence-electron chi connectivity index (χ1n) is 7.53. The van der Waals surface area contributed by atoms with Crippen molar-refractivity contribution in [3.05, 3.63) is 35.9 Å². The van der Waals surface area contributed by atoms with E-state index in [9.17, 15) is 9.90 Å². The molecule has 0 radical (unpaired) electrons. The van der Waals surface area contributed by atoms with E-state index in [1.807, 2.05) is 31.3 Å². The summed E-state index contributed by atoms with van der Waals surface area (Å²) in [5.74, 6) is -0.320. The molecule has 1 aromatic carbocycles. The Labute approximate surface area is 124 Å². The number of aromatic carboxylic acids is 1. The maximum absolute atomic E-state index is 11.6. The van der Waals surface area contributed by atoms with Crippen molar-refractivity contribution in [2.45, 2.75) is 38.1 Å². The van der Waals surface area contributed by atoms with Gasteiger partial charge in [0.2, 0.25) is 0 Å². The number of rotatable bonds is 3. The molecule has 0 aliphatic heterocycles. The largest absolute Gasteiger partial charge is 0.478 e. The number of para-hydroxylation sites is 1. The van der Waals surface area contributed by atoms with Crippen molar-refractivity contribution in [1.29, 1.82) is 0 Å². The van der Waals surface area contributed by atoms with Crippen LogP contribution in [0.4, 0.5) is 5.82 Å². The number of fused-ring (bicyclic) bond motifs is 1. The molecule has 110 valence electrons. The fourth-order valence-corrected chi connectivity index (χ4v) is 3.17. The van der Waals surface area contributed by atoms with Gasteiger partial charge in [-0.3, -0.25) is 0 Å². The SMILES string of the molecule is CN(c1nc2ccccc2cc1C(=O)O)C1CCCCC1. The molecule has 21 heavy (non-hydrogen) atoms. The highest BCUT2D eigenvalue weighted by Crippen LogP contribution is 2.29. The van der Waals surface area contributed by atoms with Gasteiger partial charge in [0.05, 0.1) is 5.52 Å². The van der Waals surface area contributed by atoms with E-state index in [1.165, 1.54) is 19.3 Å². The standard InChI is InChI=1S/C17H20N2O2/c1-19(13-8-3-2-4-9-13)16-14(17(20)21)11-12-7-5-6-10-15(12)18-16/h5-7,10-11,13H,2-4,8-9H2,1H3,(H,20,21). The van der Waals surface area contributed by atoms with E-state index in [0.29, 0.717) is 17.4 Å². The van der Waals surface area contributed by atoms with Crippen LogP contribution in [0.15, 0.2) is 30.3 Å². The van der Waals surface area contributed by atoms with Crippen molar-refractivity contribution in [3.63, 3.8) is 0 Å². The van der Waals surface area contributed by atoms with Crippen LogP contribution in [0, 0.1) is 0 Å². The van der Waals surface area contributed by atoms with Crippen molar-refractivity contribution < 1.29 is 9.90 Å². The van der Waals surface area contributed by atoms with Crippen molar-refractivity contribution >= 4 is 22.7 Å². The number of nitrogens with zero attached hydrogens (tertiary/aromatic N) is 2. The fraction of sp³-hybridized carbons (Fsp3) is 0.412. The molecule has 0 bridgehead atoms. The monoisotopic (exact) mass is 284 g/mol. The second kappa shape index (κ2) is 5.72. The van der Waals surface area contributed by atoms with Crippen LogP contribution in [0.3, 0.4) is 0 Å². The molecule has 1 aliphatic rings. The summed E-state index contributed by atoms with van der Waals surface area (Å²) in [5, 5.41) is 10.4. The van der Waals surface area contributed by atoms with Crippen LogP contribution in [-0.4, -0.2) is 29.1 Å². The number of pyridine rings is 1. The average molecular weight is 284 g/mol. The first-order chi connectivity index (χ1) is 10.2. The summed E-state index contributed by atoms with van der Waals surface area (Å²) in [5.41, 5.74) is 1.14. The van der Waals surface area contributed by atoms with Crippen LogP contribution in [0.2, 0.25) is 0 Å². The molecule has 1 aromatic heterocycles. The van der Waals surface area contributed by atoms with Gasteiger partial charge in [0, 0.05) is 18.5 Å². The van der Waals surface area contributed by atoms with Gasteiger partial charge in [0.15, 0.2) is 0 Å². The van der Waals surface area contributed by atoms with Gasteiger partial charge < -0.3 is 10.0 Å². The predicted molar refractivity (Wildman–Crippen MR) is 84.0 cm³/mol. The molecule has 4 nitrogen and oxygen atoms in total. The van der Waals surface area contributed by atoms with Gasteiger partial charge in [-0.25, -0.2) is 9.78 Å². The van der Waals surface area contributed by atoms with E-state index in [4.69, 9.17) is 0 Å². The lowest BCUT2D eigenvalue weighted by molar-refractivity contribution is 0.0697. The fourth-order valence-electron chi connectivity index (χ4n) is 3.17. The van der Waals surface area contributed by atoms with Crippen LogP contribution in [-0.2, 0) is 0 Å². The summed E-state index contributed by atoms with van der Waals surface area (Å²) >= 11 is 0. The van der Waals surface area contributed by atoms with Crippen molar-refractivity contribution in [3.8, 4) is 0 Å². The molecule has 0 atom stereocenters. The highest BCUT2D eigenvalue weighted by molar-refractivity contribution is 5.98. The normalized spacial score (nSPS) is 16.0. The zero-order valence-electron chi connectivity index (χ0n) is 12.2. The number of hydrogen-bond donors (Lipinski definition) is 1. The van der Waals surface area contributed by atoms with Crippen LogP contribution in [0.1, 0.15) is 42.5 Å². The Morgan fingerprint density at radius 1 is 1.24 bits per heavy atom. The number of carboxylic acids is 1. The molecule has 0 amide bonds. The molecule has 1 fully saturated rings. The second-order valence-corrected chi connectivity index (χ2v) is 5.76. The molecule has 4 heteroatoms. The van der Waals surface area contributed by atoms with E-state index >= 15 is 0 Å². The zero-order valence-corrected chi connectivity index (χ0v) is 12.2. The highest BCUT2D eigenvalue weighted by Gasteiger charge is 2.23. The van der Waals surface area contributed by atoms with Gasteiger partial charge in [-0.2, -0.15) is 0 Å². The molecule has 0 unspecified atom stereocenters. The molecular weight excluding hydrogens is 264 g/mol. The van der Waals surface area contributed by atoms with Gasteiger partial charge in [-0.05, 0) is 25.0 Å². The number of benzene rings is 1. The molecule has 1 heterocycles. The van der Waals surface area contributed by atoms with E-state index in [2.05, 4.69) is 9.88 Å². The minimum absolute atomic E-state index is 0.293. The molecule has 1 aliphatic carbocycles. The number of aromatic nitrogens is 1. The quantitative estimate of drug-likeness (QED) is 0.933. The lowest BCUT2D eigenvalue weighted by atomic mass is 9.94. The van der Waals surface area contributed by atoms with Crippen molar-refractivity contribution in [1.82, 2.24) is 4.98 Å². The van der Waals surface area contributed by atoms with Crippen LogP contribution in [0.25, 0.3) is 10.9 Å². The molecule has 1 saturated carbocycles. The van der Waals surface area contributed by atoms with Gasteiger partial charge in [-0.1, -0.05) is 37.5 Å². The Morgan fingerprint density at radius 2 is 1.95 bits per heavy atom. The minimum atomic E-state index is -0.911. The Bertz CT molecular complexity index is 663. The predicted octanol–water partition coefficient (Wildman–Crippen LogP) is 3.70. The summed E-state index contributed by atoms with van der Waals surface area (Å²) in [7, 11) is 1.97. The summed E-state index contributed by atoms with van der Waals surface area (Å²) in [6, 6.07) is 9.79. The molecule has 0 spiro atoms. The first kappa shape index (κ1) is 13.9. The smallest absolute Gasteiger partial charge is 0.339 e. The van der Waals surface area contributed by atoms with Gasteiger partial charge >= 0.3 is 5.97 Å². The lowest BCUT2D eigenvalue weighted by Gasteiger charge is -2.33. The first-order valence-corrected chi connectivity index (χ1v) is 7.53. The highest BCUT2D eigenvalue weighted by atomic mass is 16.4. The molecule has 3 rings (SSSR count). The van der Waals surface area contributed by atoms with Gasteiger partial charge in [0.25, 0.3) is 0 Å². The van der Waals surface area contributed by atoms with Crippen LogP contribution >= 0.6 is 0 Å². The molecule has 1 N–H and O–H groups in total. The Balaban J connectivity index is 2.06. The summed E-state index contributed by atoms with van der Waals surface area (Å²) in [4.78, 5) is 18.3. The lowest BCUT2D eigenvalue weighted by Crippen LogP contribution is -2.35. The zero-order chi connectivity index (χ0) is 14.8. The van der Waals surface area contributed by atoms with E-state index in [0.717, 1.165) is 23.7 Å². The van der Waals surface area contributed by atoms with Crippen molar-refractivity contribution in [2.75, 3.05) is 11.9 Å². The molecular formula is C17H20N2O2.